The summed E-state index contributed by atoms with van der Waals surface area (Å²) in [7, 11) is -2.89. The Morgan fingerprint density at radius 3 is 2.41 bits per heavy atom. The highest BCUT2D eigenvalue weighted by molar-refractivity contribution is 7.92. The molecule has 0 saturated heterocycles. The third-order valence-corrected chi connectivity index (χ3v) is 5.65. The van der Waals surface area contributed by atoms with Crippen LogP contribution in [0.2, 0.25) is 5.02 Å². The highest BCUT2D eigenvalue weighted by Gasteiger charge is 2.34. The van der Waals surface area contributed by atoms with Gasteiger partial charge in [-0.2, -0.15) is 18.2 Å². The number of aromatic nitrogens is 2. The summed E-state index contributed by atoms with van der Waals surface area (Å²) in [6.45, 7) is 0. The summed E-state index contributed by atoms with van der Waals surface area (Å²) in [4.78, 5) is 18.7. The fraction of sp³-hybridized carbons (Fsp3) is 0.105. The topological polar surface area (TPSA) is 110 Å². The van der Waals surface area contributed by atoms with Crippen molar-refractivity contribution in [3.05, 3.63) is 71.1 Å². The van der Waals surface area contributed by atoms with E-state index in [4.69, 9.17) is 16.3 Å². The van der Waals surface area contributed by atoms with Crippen LogP contribution in [0, 0.1) is 0 Å². The van der Waals surface area contributed by atoms with Gasteiger partial charge in [-0.3, -0.25) is 9.52 Å². The first-order valence-electron chi connectivity index (χ1n) is 8.72. The minimum Gasteiger partial charge on any atom is -0.439 e. The van der Waals surface area contributed by atoms with Crippen LogP contribution in [0.5, 0.6) is 11.6 Å². The first-order valence-corrected chi connectivity index (χ1v) is 10.6. The Labute approximate surface area is 185 Å². The average Bonchev–Trinajstić information content (AvgIpc) is 2.74. The zero-order chi connectivity index (χ0) is 23.5. The quantitative estimate of drug-likeness (QED) is 0.542. The number of nitrogens with one attached hydrogen (secondary N) is 2. The summed E-state index contributed by atoms with van der Waals surface area (Å²) in [5, 5.41) is 1.77. The molecule has 8 nitrogen and oxygen atoms in total. The third-order valence-electron chi connectivity index (χ3n) is 3.94. The lowest BCUT2D eigenvalue weighted by molar-refractivity contribution is -0.137. The molecule has 0 radical (unpaired) electrons. The van der Waals surface area contributed by atoms with Gasteiger partial charge < -0.3 is 10.1 Å². The Kier molecular flexibility index (Phi) is 6.55. The summed E-state index contributed by atoms with van der Waals surface area (Å²) in [5.41, 5.74) is -1.18. The molecule has 2 aromatic carbocycles. The van der Waals surface area contributed by atoms with E-state index in [1.807, 2.05) is 0 Å². The number of benzene rings is 2. The van der Waals surface area contributed by atoms with Gasteiger partial charge in [0, 0.05) is 25.0 Å². The second kappa shape index (κ2) is 9.01. The molecule has 0 fully saturated rings. The van der Waals surface area contributed by atoms with Gasteiger partial charge in [0.25, 0.3) is 15.9 Å². The maximum atomic E-state index is 13.0. The van der Waals surface area contributed by atoms with Gasteiger partial charge in [0.1, 0.15) is 5.75 Å². The van der Waals surface area contributed by atoms with Crippen molar-refractivity contribution in [1.82, 2.24) is 15.3 Å². The van der Waals surface area contributed by atoms with Gasteiger partial charge in [-0.25, -0.2) is 13.4 Å². The molecule has 1 aromatic heterocycles. The summed E-state index contributed by atoms with van der Waals surface area (Å²) in [6.07, 6.45) is -3.48. The molecule has 0 unspecified atom stereocenters. The molecular weight excluding hydrogens is 473 g/mol. The van der Waals surface area contributed by atoms with Crippen LogP contribution in [0.1, 0.15) is 16.2 Å². The van der Waals surface area contributed by atoms with Crippen molar-refractivity contribution in [2.75, 3.05) is 11.8 Å². The molecule has 0 spiro atoms. The predicted octanol–water partition coefficient (Wildman–Crippen LogP) is 4.10. The maximum absolute atomic E-state index is 13.0. The summed E-state index contributed by atoms with van der Waals surface area (Å²) < 4.78 is 71.7. The summed E-state index contributed by atoms with van der Waals surface area (Å²) in [5.74, 6) is -0.264. The van der Waals surface area contributed by atoms with Crippen molar-refractivity contribution in [2.45, 2.75) is 11.1 Å². The highest BCUT2D eigenvalue weighted by Crippen LogP contribution is 2.36. The van der Waals surface area contributed by atoms with Gasteiger partial charge in [0.15, 0.2) is 0 Å². The Morgan fingerprint density at radius 2 is 1.78 bits per heavy atom. The van der Waals surface area contributed by atoms with Gasteiger partial charge in [-0.1, -0.05) is 11.6 Å². The first-order chi connectivity index (χ1) is 15.0. The van der Waals surface area contributed by atoms with E-state index in [0.717, 1.165) is 12.1 Å². The third kappa shape index (κ3) is 5.45. The fourth-order valence-electron chi connectivity index (χ4n) is 2.43. The van der Waals surface area contributed by atoms with Crippen LogP contribution in [0.4, 0.5) is 18.9 Å². The molecule has 1 heterocycles. The lowest BCUT2D eigenvalue weighted by Gasteiger charge is -2.13. The zero-order valence-corrected chi connectivity index (χ0v) is 17.7. The van der Waals surface area contributed by atoms with Crippen molar-refractivity contribution in [3.8, 4) is 11.6 Å². The van der Waals surface area contributed by atoms with Crippen molar-refractivity contribution in [3.63, 3.8) is 0 Å². The van der Waals surface area contributed by atoms with E-state index < -0.39 is 37.6 Å². The van der Waals surface area contributed by atoms with Crippen LogP contribution in [0.25, 0.3) is 0 Å². The SMILES string of the molecule is CNC(=O)c1nccc(Oc2ccc(NS(=O)(=O)c3ccc(Cl)c(C(F)(F)F)c3)cc2)n1. The fourth-order valence-corrected chi connectivity index (χ4v) is 3.74. The normalized spacial score (nSPS) is 11.7. The summed E-state index contributed by atoms with van der Waals surface area (Å²) >= 11 is 5.53. The average molecular weight is 487 g/mol. The Hall–Kier alpha value is -3.38. The van der Waals surface area contributed by atoms with E-state index in [1.54, 1.807) is 0 Å². The second-order valence-electron chi connectivity index (χ2n) is 6.17. The number of anilines is 1. The minimum atomic E-state index is -4.81. The van der Waals surface area contributed by atoms with Crippen LogP contribution in [0.3, 0.4) is 0 Å². The number of carbonyl (C=O) groups excluding carboxylic acids is 1. The molecule has 3 aromatic rings. The Bertz CT molecular complexity index is 1250. The Morgan fingerprint density at radius 1 is 1.09 bits per heavy atom. The van der Waals surface area contributed by atoms with E-state index in [-0.39, 0.29) is 23.1 Å². The molecule has 0 aliphatic rings. The molecule has 168 valence electrons. The number of amides is 1. The number of alkyl halides is 3. The Balaban J connectivity index is 1.77. The molecule has 2 N–H and O–H groups in total. The summed E-state index contributed by atoms with van der Waals surface area (Å²) in [6, 6.07) is 9.21. The van der Waals surface area contributed by atoms with Crippen LogP contribution < -0.4 is 14.8 Å². The van der Waals surface area contributed by atoms with E-state index in [9.17, 15) is 26.4 Å². The van der Waals surface area contributed by atoms with Crippen molar-refractivity contribution in [1.29, 1.82) is 0 Å². The standard InChI is InChI=1S/C19H14ClF3N4O4S/c1-24-18(28)17-25-9-8-16(26-17)31-12-4-2-11(3-5-12)27-32(29,30)13-6-7-15(20)14(10-13)19(21,22)23/h2-10,27H,1H3,(H,24,28). The second-order valence-corrected chi connectivity index (χ2v) is 8.26. The number of hydrogen-bond acceptors (Lipinski definition) is 6. The van der Waals surface area contributed by atoms with E-state index in [1.165, 1.54) is 43.6 Å². The molecule has 13 heteroatoms. The van der Waals surface area contributed by atoms with Crippen LogP contribution in [0.15, 0.2) is 59.6 Å². The monoisotopic (exact) mass is 486 g/mol. The molecule has 0 saturated carbocycles. The van der Waals surface area contributed by atoms with Crippen LogP contribution in [-0.4, -0.2) is 31.3 Å². The number of ether oxygens (including phenoxy) is 1. The zero-order valence-electron chi connectivity index (χ0n) is 16.1. The number of rotatable bonds is 6. The molecule has 32 heavy (non-hydrogen) atoms. The van der Waals surface area contributed by atoms with Gasteiger partial charge in [-0.15, -0.1) is 0 Å². The molecular formula is C19H14ClF3N4O4S. The maximum Gasteiger partial charge on any atom is 0.417 e. The number of hydrogen-bond donors (Lipinski definition) is 2. The number of sulfonamides is 1. The molecule has 0 bridgehead atoms. The van der Waals surface area contributed by atoms with Crippen LogP contribution >= 0.6 is 11.6 Å². The van der Waals surface area contributed by atoms with E-state index >= 15 is 0 Å². The molecule has 3 rings (SSSR count). The van der Waals surface area contributed by atoms with Crippen molar-refractivity contribution < 1.29 is 31.1 Å². The lowest BCUT2D eigenvalue weighted by atomic mass is 10.2. The van der Waals surface area contributed by atoms with Crippen molar-refractivity contribution >= 4 is 33.2 Å². The minimum absolute atomic E-state index is 0.0766. The largest absolute Gasteiger partial charge is 0.439 e. The van der Waals surface area contributed by atoms with Gasteiger partial charge >= 0.3 is 6.18 Å². The van der Waals surface area contributed by atoms with Gasteiger partial charge in [0.2, 0.25) is 11.7 Å². The number of nitrogens with zero attached hydrogens (tertiary/aromatic N) is 2. The lowest BCUT2D eigenvalue weighted by Crippen LogP contribution is -2.20. The first kappa shape index (κ1) is 23.3. The van der Waals surface area contributed by atoms with Crippen molar-refractivity contribution in [2.24, 2.45) is 0 Å². The smallest absolute Gasteiger partial charge is 0.417 e. The highest BCUT2D eigenvalue weighted by atomic mass is 35.5. The molecule has 0 aliphatic heterocycles. The number of halogens is 4. The molecule has 0 atom stereocenters. The van der Waals surface area contributed by atoms with Gasteiger partial charge in [-0.05, 0) is 42.5 Å². The van der Waals surface area contributed by atoms with E-state index in [0.29, 0.717) is 6.07 Å². The van der Waals surface area contributed by atoms with Gasteiger partial charge in [0.05, 0.1) is 15.5 Å². The molecule has 1 amide bonds. The van der Waals surface area contributed by atoms with Crippen LogP contribution in [-0.2, 0) is 16.2 Å². The van der Waals surface area contributed by atoms with E-state index in [2.05, 4.69) is 20.0 Å². The molecule has 0 aliphatic carbocycles. The predicted molar refractivity (Wildman–Crippen MR) is 109 cm³/mol. The number of carbonyl (C=O) groups is 1.